The zero-order chi connectivity index (χ0) is 14.8. The van der Waals surface area contributed by atoms with Gasteiger partial charge in [0, 0.05) is 25.7 Å². The third-order valence-electron chi connectivity index (χ3n) is 3.44. The monoisotopic (exact) mass is 286 g/mol. The summed E-state index contributed by atoms with van der Waals surface area (Å²) in [5.41, 5.74) is 1.40. The predicted octanol–water partition coefficient (Wildman–Crippen LogP) is 0.0791. The first-order valence-electron chi connectivity index (χ1n) is 6.52. The van der Waals surface area contributed by atoms with Crippen LogP contribution in [0.25, 0.3) is 5.69 Å². The molecule has 0 radical (unpaired) electrons. The number of rotatable bonds is 3. The average Bonchev–Trinajstić information content (AvgIpc) is 3.10. The van der Waals surface area contributed by atoms with E-state index in [9.17, 15) is 9.59 Å². The topological polar surface area (TPSA) is 93.0 Å². The summed E-state index contributed by atoms with van der Waals surface area (Å²) >= 11 is 0. The van der Waals surface area contributed by atoms with Crippen molar-refractivity contribution in [1.29, 1.82) is 0 Å². The van der Waals surface area contributed by atoms with Gasteiger partial charge < -0.3 is 10.2 Å². The molecule has 1 aliphatic heterocycles. The molecule has 1 aliphatic rings. The molecule has 0 spiro atoms. The molecule has 2 heterocycles. The van der Waals surface area contributed by atoms with E-state index in [-0.39, 0.29) is 24.2 Å². The number of hydrogen-bond acceptors (Lipinski definition) is 5. The van der Waals surface area contributed by atoms with Crippen molar-refractivity contribution in [3.05, 3.63) is 30.6 Å². The van der Waals surface area contributed by atoms with E-state index in [1.54, 1.807) is 30.1 Å². The molecule has 1 aromatic carbocycles. The Kier molecular flexibility index (Phi) is 3.35. The van der Waals surface area contributed by atoms with Crippen LogP contribution in [0, 0.1) is 5.92 Å². The Morgan fingerprint density at radius 1 is 1.43 bits per heavy atom. The summed E-state index contributed by atoms with van der Waals surface area (Å²) in [5, 5.41) is 13.8. The van der Waals surface area contributed by atoms with Crippen LogP contribution in [0.2, 0.25) is 0 Å². The van der Waals surface area contributed by atoms with Crippen LogP contribution in [0.15, 0.2) is 30.6 Å². The summed E-state index contributed by atoms with van der Waals surface area (Å²) in [6, 6.07) is 7.19. The van der Waals surface area contributed by atoms with Gasteiger partial charge in [0.2, 0.25) is 11.8 Å². The minimum atomic E-state index is -0.306. The number of nitrogens with one attached hydrogen (secondary N) is 1. The fraction of sp³-hybridized carbons (Fsp3) is 0.308. The van der Waals surface area contributed by atoms with Gasteiger partial charge in [0.25, 0.3) is 0 Å². The Balaban J connectivity index is 1.72. The number of nitrogens with zero attached hydrogens (tertiary/aromatic N) is 5. The lowest BCUT2D eigenvalue weighted by molar-refractivity contribution is -0.127. The van der Waals surface area contributed by atoms with Crippen molar-refractivity contribution in [3.63, 3.8) is 0 Å². The molecular weight excluding hydrogens is 272 g/mol. The maximum Gasteiger partial charge on any atom is 0.229 e. The molecule has 2 amide bonds. The van der Waals surface area contributed by atoms with Gasteiger partial charge >= 0.3 is 0 Å². The molecular formula is C13H14N6O2. The van der Waals surface area contributed by atoms with Gasteiger partial charge in [-0.3, -0.25) is 9.59 Å². The SMILES string of the molecule is CN1CC(C(=O)Nc2cccc(-n3cnnn3)c2)CC1=O. The smallest absolute Gasteiger partial charge is 0.229 e. The second kappa shape index (κ2) is 5.31. The number of aromatic nitrogens is 4. The second-order valence-electron chi connectivity index (χ2n) is 4.97. The molecule has 0 aliphatic carbocycles. The van der Waals surface area contributed by atoms with E-state index in [2.05, 4.69) is 20.8 Å². The van der Waals surface area contributed by atoms with Crippen molar-refractivity contribution in [2.75, 3.05) is 18.9 Å². The Hall–Kier alpha value is -2.77. The molecule has 8 nitrogen and oxygen atoms in total. The summed E-state index contributed by atoms with van der Waals surface area (Å²) in [4.78, 5) is 25.2. The Morgan fingerprint density at radius 2 is 2.29 bits per heavy atom. The normalized spacial score (nSPS) is 18.0. The number of benzene rings is 1. The summed E-state index contributed by atoms with van der Waals surface area (Å²) in [7, 11) is 1.70. The van der Waals surface area contributed by atoms with E-state index in [4.69, 9.17) is 0 Å². The first-order chi connectivity index (χ1) is 10.1. The van der Waals surface area contributed by atoms with E-state index in [0.29, 0.717) is 12.2 Å². The number of likely N-dealkylation sites (tertiary alicyclic amines) is 1. The largest absolute Gasteiger partial charge is 0.345 e. The van der Waals surface area contributed by atoms with Gasteiger partial charge in [-0.05, 0) is 28.6 Å². The van der Waals surface area contributed by atoms with Crippen LogP contribution < -0.4 is 5.32 Å². The molecule has 8 heteroatoms. The average molecular weight is 286 g/mol. The third kappa shape index (κ3) is 2.73. The van der Waals surface area contributed by atoms with E-state index in [1.807, 2.05) is 6.07 Å². The summed E-state index contributed by atoms with van der Waals surface area (Å²) in [6.07, 6.45) is 1.74. The quantitative estimate of drug-likeness (QED) is 0.862. The van der Waals surface area contributed by atoms with Crippen LogP contribution in [0.4, 0.5) is 5.69 Å². The molecule has 0 saturated carbocycles. The maximum atomic E-state index is 12.2. The molecule has 1 atom stereocenters. The van der Waals surface area contributed by atoms with Crippen molar-refractivity contribution in [3.8, 4) is 5.69 Å². The standard InChI is InChI=1S/C13H14N6O2/c1-18-7-9(5-12(18)20)13(21)15-10-3-2-4-11(6-10)19-8-14-16-17-19/h2-4,6,8-9H,5,7H2,1H3,(H,15,21). The molecule has 1 unspecified atom stereocenters. The molecule has 1 aromatic heterocycles. The minimum absolute atomic E-state index is 0.00223. The highest BCUT2D eigenvalue weighted by atomic mass is 16.2. The van der Waals surface area contributed by atoms with Gasteiger partial charge in [-0.15, -0.1) is 5.10 Å². The lowest BCUT2D eigenvalue weighted by Crippen LogP contribution is -2.25. The zero-order valence-corrected chi connectivity index (χ0v) is 11.4. The number of amides is 2. The molecule has 21 heavy (non-hydrogen) atoms. The van der Waals surface area contributed by atoms with Gasteiger partial charge in [0.05, 0.1) is 11.6 Å². The van der Waals surface area contributed by atoms with Gasteiger partial charge in [0.1, 0.15) is 6.33 Å². The number of carbonyl (C=O) groups excluding carboxylic acids is 2. The fourth-order valence-corrected chi connectivity index (χ4v) is 2.29. The van der Waals surface area contributed by atoms with Crippen molar-refractivity contribution in [2.24, 2.45) is 5.92 Å². The number of tetrazole rings is 1. The van der Waals surface area contributed by atoms with Gasteiger partial charge in [-0.2, -0.15) is 0 Å². The zero-order valence-electron chi connectivity index (χ0n) is 11.4. The minimum Gasteiger partial charge on any atom is -0.345 e. The molecule has 1 fully saturated rings. The number of anilines is 1. The first kappa shape index (κ1) is 13.2. The van der Waals surface area contributed by atoms with Gasteiger partial charge in [-0.1, -0.05) is 6.07 Å². The Labute approximate surface area is 120 Å². The lowest BCUT2D eigenvalue weighted by Gasteiger charge is -2.11. The number of hydrogen-bond donors (Lipinski definition) is 1. The highest BCUT2D eigenvalue weighted by Crippen LogP contribution is 2.19. The third-order valence-corrected chi connectivity index (χ3v) is 3.44. The van der Waals surface area contributed by atoms with Crippen LogP contribution in [0.5, 0.6) is 0 Å². The van der Waals surface area contributed by atoms with E-state index in [1.165, 1.54) is 11.0 Å². The van der Waals surface area contributed by atoms with Gasteiger partial charge in [0.15, 0.2) is 0 Å². The van der Waals surface area contributed by atoms with Crippen molar-refractivity contribution < 1.29 is 9.59 Å². The first-order valence-corrected chi connectivity index (χ1v) is 6.52. The van der Waals surface area contributed by atoms with Crippen LogP contribution in [0.1, 0.15) is 6.42 Å². The molecule has 108 valence electrons. The summed E-state index contributed by atoms with van der Waals surface area (Å²) in [6.45, 7) is 0.456. The summed E-state index contributed by atoms with van der Waals surface area (Å²) < 4.78 is 1.50. The highest BCUT2D eigenvalue weighted by molar-refractivity contribution is 5.97. The maximum absolute atomic E-state index is 12.2. The van der Waals surface area contributed by atoms with E-state index >= 15 is 0 Å². The predicted molar refractivity (Wildman–Crippen MR) is 73.5 cm³/mol. The van der Waals surface area contributed by atoms with Crippen molar-refractivity contribution >= 4 is 17.5 Å². The van der Waals surface area contributed by atoms with Crippen molar-refractivity contribution in [1.82, 2.24) is 25.1 Å². The Morgan fingerprint density at radius 3 is 2.95 bits per heavy atom. The van der Waals surface area contributed by atoms with E-state index < -0.39 is 0 Å². The lowest BCUT2D eigenvalue weighted by atomic mass is 10.1. The Bertz CT molecular complexity index is 669. The molecule has 3 rings (SSSR count). The second-order valence-corrected chi connectivity index (χ2v) is 4.97. The van der Waals surface area contributed by atoms with Crippen LogP contribution in [-0.4, -0.2) is 50.5 Å². The summed E-state index contributed by atoms with van der Waals surface area (Å²) in [5.74, 6) is -0.460. The number of carbonyl (C=O) groups is 2. The molecule has 0 bridgehead atoms. The van der Waals surface area contributed by atoms with Crippen LogP contribution >= 0.6 is 0 Å². The van der Waals surface area contributed by atoms with Crippen LogP contribution in [-0.2, 0) is 9.59 Å². The van der Waals surface area contributed by atoms with Crippen LogP contribution in [0.3, 0.4) is 0 Å². The van der Waals surface area contributed by atoms with Crippen molar-refractivity contribution in [2.45, 2.75) is 6.42 Å². The molecule has 2 aromatic rings. The van der Waals surface area contributed by atoms with Gasteiger partial charge in [-0.25, -0.2) is 4.68 Å². The molecule has 1 saturated heterocycles. The highest BCUT2D eigenvalue weighted by Gasteiger charge is 2.32. The molecule has 1 N–H and O–H groups in total. The van der Waals surface area contributed by atoms with E-state index in [0.717, 1.165) is 5.69 Å². The fourth-order valence-electron chi connectivity index (χ4n) is 2.29.